The fourth-order valence-electron chi connectivity index (χ4n) is 2.73. The predicted molar refractivity (Wildman–Crippen MR) is 78.6 cm³/mol. The average molecular weight is 263 g/mol. The van der Waals surface area contributed by atoms with Gasteiger partial charge in [0.2, 0.25) is 0 Å². The van der Waals surface area contributed by atoms with Crippen molar-refractivity contribution in [2.75, 3.05) is 24.6 Å². The fraction of sp³-hybridized carbons (Fsp3) is 0.625. The van der Waals surface area contributed by atoms with Crippen LogP contribution in [0, 0.1) is 6.92 Å². The number of aliphatic hydroxyl groups is 1. The summed E-state index contributed by atoms with van der Waals surface area (Å²) >= 11 is 0. The number of aliphatic hydroxyl groups excluding tert-OH is 1. The Morgan fingerprint density at radius 3 is 3.00 bits per heavy atom. The van der Waals surface area contributed by atoms with Crippen LogP contribution in [-0.4, -0.2) is 30.9 Å². The lowest BCUT2D eigenvalue weighted by Crippen LogP contribution is -2.40. The number of benzene rings is 1. The molecule has 1 aliphatic rings. The van der Waals surface area contributed by atoms with Gasteiger partial charge in [0.1, 0.15) is 0 Å². The summed E-state index contributed by atoms with van der Waals surface area (Å²) in [5.74, 6) is 0. The number of ether oxygens (including phenoxy) is 1. The zero-order chi connectivity index (χ0) is 13.7. The van der Waals surface area contributed by atoms with Crippen molar-refractivity contribution in [2.45, 2.75) is 45.8 Å². The molecule has 0 bridgehead atoms. The van der Waals surface area contributed by atoms with Crippen molar-refractivity contribution in [1.29, 1.82) is 0 Å². The summed E-state index contributed by atoms with van der Waals surface area (Å²) in [6.07, 6.45) is 3.72. The van der Waals surface area contributed by atoms with Gasteiger partial charge in [-0.3, -0.25) is 0 Å². The quantitative estimate of drug-likeness (QED) is 0.886. The van der Waals surface area contributed by atoms with Crippen LogP contribution in [0.5, 0.6) is 0 Å². The molecule has 1 aliphatic heterocycles. The van der Waals surface area contributed by atoms with E-state index in [-0.39, 0.29) is 6.61 Å². The van der Waals surface area contributed by atoms with Crippen LogP contribution in [-0.2, 0) is 11.3 Å². The summed E-state index contributed by atoms with van der Waals surface area (Å²) in [6.45, 7) is 7.15. The highest BCUT2D eigenvalue weighted by Gasteiger charge is 2.21. The molecule has 1 aromatic carbocycles. The molecule has 1 saturated heterocycles. The van der Waals surface area contributed by atoms with E-state index in [0.717, 1.165) is 50.2 Å². The average Bonchev–Trinajstić information content (AvgIpc) is 2.45. The Morgan fingerprint density at radius 1 is 1.42 bits per heavy atom. The van der Waals surface area contributed by atoms with Gasteiger partial charge in [-0.25, -0.2) is 0 Å². The van der Waals surface area contributed by atoms with Crippen molar-refractivity contribution in [3.8, 4) is 0 Å². The summed E-state index contributed by atoms with van der Waals surface area (Å²) in [5.41, 5.74) is 3.39. The topological polar surface area (TPSA) is 32.7 Å². The number of hydrogen-bond donors (Lipinski definition) is 1. The molecule has 1 unspecified atom stereocenters. The molecule has 0 radical (unpaired) electrons. The molecule has 3 nitrogen and oxygen atoms in total. The molecule has 1 atom stereocenters. The van der Waals surface area contributed by atoms with Crippen LogP contribution in [0.4, 0.5) is 5.69 Å². The van der Waals surface area contributed by atoms with E-state index in [1.165, 1.54) is 5.56 Å². The molecule has 1 heterocycles. The van der Waals surface area contributed by atoms with Crippen LogP contribution in [0.3, 0.4) is 0 Å². The molecule has 1 aromatic rings. The molecule has 0 spiro atoms. The Labute approximate surface area is 116 Å². The molecule has 0 saturated carbocycles. The largest absolute Gasteiger partial charge is 0.392 e. The molecule has 0 aliphatic carbocycles. The van der Waals surface area contributed by atoms with E-state index in [0.29, 0.717) is 6.10 Å². The first kappa shape index (κ1) is 14.4. The molecule has 1 fully saturated rings. The molecule has 1 N–H and O–H groups in total. The normalized spacial score (nSPS) is 19.7. The molecule has 3 heteroatoms. The summed E-state index contributed by atoms with van der Waals surface area (Å²) in [7, 11) is 0. The van der Waals surface area contributed by atoms with Crippen molar-refractivity contribution < 1.29 is 9.84 Å². The van der Waals surface area contributed by atoms with Gasteiger partial charge in [-0.1, -0.05) is 24.6 Å². The van der Waals surface area contributed by atoms with Crippen LogP contribution in [0.25, 0.3) is 0 Å². The van der Waals surface area contributed by atoms with Crippen molar-refractivity contribution in [3.05, 3.63) is 29.3 Å². The minimum Gasteiger partial charge on any atom is -0.392 e. The Morgan fingerprint density at radius 2 is 2.26 bits per heavy atom. The zero-order valence-electron chi connectivity index (χ0n) is 12.1. The molecule has 0 amide bonds. The molecular weight excluding hydrogens is 238 g/mol. The second-order valence-electron chi connectivity index (χ2n) is 5.37. The Balaban J connectivity index is 2.08. The SMILES string of the molecule is CCCOC1CCCN(c2ccc(C)cc2CO)C1. The lowest BCUT2D eigenvalue weighted by atomic mass is 10.0. The first-order valence-electron chi connectivity index (χ1n) is 7.31. The molecular formula is C16H25NO2. The Kier molecular flexibility index (Phi) is 5.23. The van der Waals surface area contributed by atoms with Gasteiger partial charge in [0.15, 0.2) is 0 Å². The van der Waals surface area contributed by atoms with E-state index in [9.17, 15) is 5.11 Å². The van der Waals surface area contributed by atoms with Gasteiger partial charge >= 0.3 is 0 Å². The van der Waals surface area contributed by atoms with E-state index in [1.54, 1.807) is 0 Å². The number of aryl methyl sites for hydroxylation is 1. The van der Waals surface area contributed by atoms with E-state index in [2.05, 4.69) is 36.9 Å². The van der Waals surface area contributed by atoms with E-state index < -0.39 is 0 Å². The maximum Gasteiger partial charge on any atom is 0.0750 e. The lowest BCUT2D eigenvalue weighted by molar-refractivity contribution is 0.0440. The number of nitrogens with zero attached hydrogens (tertiary/aromatic N) is 1. The lowest BCUT2D eigenvalue weighted by Gasteiger charge is -2.35. The maximum atomic E-state index is 9.52. The second-order valence-corrected chi connectivity index (χ2v) is 5.37. The summed E-state index contributed by atoms with van der Waals surface area (Å²) in [5, 5.41) is 9.52. The third-order valence-corrected chi connectivity index (χ3v) is 3.68. The van der Waals surface area contributed by atoms with Gasteiger partial charge in [0.25, 0.3) is 0 Å². The highest BCUT2D eigenvalue weighted by molar-refractivity contribution is 5.55. The van der Waals surface area contributed by atoms with Crippen molar-refractivity contribution >= 4 is 5.69 Å². The van der Waals surface area contributed by atoms with Gasteiger partial charge in [-0.05, 0) is 32.3 Å². The van der Waals surface area contributed by atoms with E-state index in [1.807, 2.05) is 0 Å². The molecule has 2 rings (SSSR count). The van der Waals surface area contributed by atoms with Crippen LogP contribution in [0.15, 0.2) is 18.2 Å². The number of piperidine rings is 1. The van der Waals surface area contributed by atoms with E-state index in [4.69, 9.17) is 4.74 Å². The molecule has 106 valence electrons. The summed E-state index contributed by atoms with van der Waals surface area (Å²) in [4.78, 5) is 2.36. The van der Waals surface area contributed by atoms with Gasteiger partial charge in [-0.15, -0.1) is 0 Å². The highest BCUT2D eigenvalue weighted by atomic mass is 16.5. The molecule has 0 aromatic heterocycles. The Hall–Kier alpha value is -1.06. The third kappa shape index (κ3) is 3.71. The first-order valence-corrected chi connectivity index (χ1v) is 7.31. The van der Waals surface area contributed by atoms with Gasteiger partial charge in [0.05, 0.1) is 12.7 Å². The minimum atomic E-state index is 0.105. The van der Waals surface area contributed by atoms with Crippen LogP contribution in [0.1, 0.15) is 37.3 Å². The van der Waals surface area contributed by atoms with Crippen LogP contribution >= 0.6 is 0 Å². The van der Waals surface area contributed by atoms with Crippen LogP contribution < -0.4 is 4.90 Å². The summed E-state index contributed by atoms with van der Waals surface area (Å²) < 4.78 is 5.88. The van der Waals surface area contributed by atoms with E-state index >= 15 is 0 Å². The minimum absolute atomic E-state index is 0.105. The fourth-order valence-corrected chi connectivity index (χ4v) is 2.73. The monoisotopic (exact) mass is 263 g/mol. The summed E-state index contributed by atoms with van der Waals surface area (Å²) in [6, 6.07) is 6.32. The highest BCUT2D eigenvalue weighted by Crippen LogP contribution is 2.26. The number of rotatable bonds is 5. The van der Waals surface area contributed by atoms with Gasteiger partial charge in [0, 0.05) is 30.9 Å². The van der Waals surface area contributed by atoms with Crippen molar-refractivity contribution in [1.82, 2.24) is 0 Å². The van der Waals surface area contributed by atoms with Crippen molar-refractivity contribution in [3.63, 3.8) is 0 Å². The molecule has 19 heavy (non-hydrogen) atoms. The first-order chi connectivity index (χ1) is 9.24. The predicted octanol–water partition coefficient (Wildman–Crippen LogP) is 2.88. The number of anilines is 1. The van der Waals surface area contributed by atoms with Crippen molar-refractivity contribution in [2.24, 2.45) is 0 Å². The second kappa shape index (κ2) is 6.92. The smallest absolute Gasteiger partial charge is 0.0750 e. The Bertz CT molecular complexity index is 406. The van der Waals surface area contributed by atoms with Crippen LogP contribution in [0.2, 0.25) is 0 Å². The standard InChI is InChI=1S/C16H25NO2/c1-3-9-19-15-5-4-8-17(11-15)16-7-6-13(2)10-14(16)12-18/h6-7,10,15,18H,3-5,8-9,11-12H2,1-2H3. The number of hydrogen-bond acceptors (Lipinski definition) is 3. The zero-order valence-corrected chi connectivity index (χ0v) is 12.1. The van der Waals surface area contributed by atoms with Gasteiger partial charge in [-0.2, -0.15) is 0 Å². The van der Waals surface area contributed by atoms with Gasteiger partial charge < -0.3 is 14.7 Å². The maximum absolute atomic E-state index is 9.52. The third-order valence-electron chi connectivity index (χ3n) is 3.68.